The summed E-state index contributed by atoms with van der Waals surface area (Å²) < 4.78 is 0. The zero-order valence-electron chi connectivity index (χ0n) is 7.05. The molecule has 0 aromatic heterocycles. The minimum absolute atomic E-state index is 0.237. The number of Topliss-reactive ketones (excluding diaryl/α,β-unsaturated/α-hetero) is 1. The molecule has 0 aromatic carbocycles. The van der Waals surface area contributed by atoms with Crippen LogP contribution in [-0.2, 0) is 4.79 Å². The first-order chi connectivity index (χ1) is 5.20. The minimum atomic E-state index is 0.237. The van der Waals surface area contributed by atoms with Gasteiger partial charge in [0.25, 0.3) is 0 Å². The van der Waals surface area contributed by atoms with E-state index in [-0.39, 0.29) is 5.78 Å². The second-order valence-electron chi connectivity index (χ2n) is 2.95. The van der Waals surface area contributed by atoms with Crippen LogP contribution in [-0.4, -0.2) is 11.5 Å². The topological polar surface area (TPSA) is 29.4 Å². The smallest absolute Gasteiger partial charge is 0.160 e. The number of hydrogen-bond donors (Lipinski definition) is 0. The van der Waals surface area contributed by atoms with Crippen molar-refractivity contribution in [1.82, 2.24) is 0 Å². The van der Waals surface area contributed by atoms with E-state index in [0.29, 0.717) is 6.42 Å². The molecular weight excluding hydrogens is 138 g/mol. The van der Waals surface area contributed by atoms with Gasteiger partial charge < -0.3 is 0 Å². The van der Waals surface area contributed by atoms with Gasteiger partial charge in [-0.25, -0.2) is 0 Å². The van der Waals surface area contributed by atoms with Crippen molar-refractivity contribution in [2.75, 3.05) is 0 Å². The summed E-state index contributed by atoms with van der Waals surface area (Å²) in [6.07, 6.45) is 4.25. The minimum Gasteiger partial charge on any atom is -0.295 e. The first-order valence-electron chi connectivity index (χ1n) is 3.93. The number of carbonyl (C=O) groups is 1. The molecule has 0 saturated carbocycles. The second-order valence-corrected chi connectivity index (χ2v) is 2.95. The van der Waals surface area contributed by atoms with Crippen LogP contribution >= 0.6 is 0 Å². The molecule has 0 radical (unpaired) electrons. The molecule has 0 unspecified atom stereocenters. The number of carbonyl (C=O) groups excluding carboxylic acids is 1. The zero-order valence-corrected chi connectivity index (χ0v) is 7.05. The quantitative estimate of drug-likeness (QED) is 0.521. The van der Waals surface area contributed by atoms with Gasteiger partial charge in [-0.2, -0.15) is 0 Å². The molecule has 0 spiro atoms. The van der Waals surface area contributed by atoms with E-state index in [1.54, 1.807) is 6.20 Å². The predicted octanol–water partition coefficient (Wildman–Crippen LogP) is 2.10. The van der Waals surface area contributed by atoms with Crippen molar-refractivity contribution in [3.8, 4) is 0 Å². The Hall–Kier alpha value is -0.920. The summed E-state index contributed by atoms with van der Waals surface area (Å²) in [6.45, 7) is 3.82. The zero-order chi connectivity index (χ0) is 8.27. The van der Waals surface area contributed by atoms with Gasteiger partial charge >= 0.3 is 0 Å². The molecule has 0 saturated heterocycles. The number of ketones is 1. The molecule has 1 heterocycles. The maximum absolute atomic E-state index is 11.1. The van der Waals surface area contributed by atoms with Crippen LogP contribution in [0.4, 0.5) is 0 Å². The molecule has 0 amide bonds. The lowest BCUT2D eigenvalue weighted by molar-refractivity contribution is -0.115. The molecule has 0 bridgehead atoms. The number of allylic oxidation sites excluding steroid dienone is 1. The number of rotatable bonds is 0. The molecule has 11 heavy (non-hydrogen) atoms. The highest BCUT2D eigenvalue weighted by Gasteiger charge is 2.06. The van der Waals surface area contributed by atoms with Crippen LogP contribution in [0.15, 0.2) is 16.8 Å². The van der Waals surface area contributed by atoms with Gasteiger partial charge in [0.1, 0.15) is 0 Å². The van der Waals surface area contributed by atoms with Crippen LogP contribution in [0.1, 0.15) is 33.1 Å². The summed E-state index contributed by atoms with van der Waals surface area (Å²) in [7, 11) is 0. The van der Waals surface area contributed by atoms with E-state index >= 15 is 0 Å². The third-order valence-corrected chi connectivity index (χ3v) is 1.86. The molecule has 2 heteroatoms. The number of hydrogen-bond acceptors (Lipinski definition) is 2. The lowest BCUT2D eigenvalue weighted by atomic mass is 10.1. The Morgan fingerprint density at radius 3 is 2.82 bits per heavy atom. The van der Waals surface area contributed by atoms with E-state index in [4.69, 9.17) is 0 Å². The molecule has 2 nitrogen and oxygen atoms in total. The number of nitrogens with zero attached hydrogens (tertiary/aromatic N) is 1. The summed E-state index contributed by atoms with van der Waals surface area (Å²) in [5.41, 5.74) is 1.90. The van der Waals surface area contributed by atoms with Crippen molar-refractivity contribution in [2.24, 2.45) is 4.99 Å². The maximum Gasteiger partial charge on any atom is 0.160 e. The monoisotopic (exact) mass is 151 g/mol. The first kappa shape index (κ1) is 8.18. The van der Waals surface area contributed by atoms with Gasteiger partial charge in [0.2, 0.25) is 0 Å². The first-order valence-corrected chi connectivity index (χ1v) is 3.93. The van der Waals surface area contributed by atoms with Gasteiger partial charge in [-0.1, -0.05) is 0 Å². The molecule has 1 rings (SSSR count). The highest BCUT2D eigenvalue weighted by Crippen LogP contribution is 2.08. The SMILES string of the molecule is CC1=CN=C(C)CCCC1=O. The highest BCUT2D eigenvalue weighted by atomic mass is 16.1. The molecule has 0 N–H and O–H groups in total. The molecule has 60 valence electrons. The fourth-order valence-electron chi connectivity index (χ4n) is 1.05. The molecule has 0 aliphatic carbocycles. The molecule has 1 aliphatic heterocycles. The third-order valence-electron chi connectivity index (χ3n) is 1.86. The summed E-state index contributed by atoms with van der Waals surface area (Å²) in [4.78, 5) is 15.3. The highest BCUT2D eigenvalue weighted by molar-refractivity contribution is 5.96. The summed E-state index contributed by atoms with van der Waals surface area (Å²) in [5, 5.41) is 0. The summed E-state index contributed by atoms with van der Waals surface area (Å²) >= 11 is 0. The van der Waals surface area contributed by atoms with E-state index in [2.05, 4.69) is 4.99 Å². The van der Waals surface area contributed by atoms with Crippen molar-refractivity contribution in [3.63, 3.8) is 0 Å². The van der Waals surface area contributed by atoms with Crippen molar-refractivity contribution < 1.29 is 4.79 Å². The molecule has 0 atom stereocenters. The van der Waals surface area contributed by atoms with Crippen molar-refractivity contribution in [3.05, 3.63) is 11.8 Å². The Balaban J connectivity index is 2.80. The molecule has 0 fully saturated rings. The van der Waals surface area contributed by atoms with E-state index < -0.39 is 0 Å². The normalized spacial score (nSPS) is 20.0. The van der Waals surface area contributed by atoms with Gasteiger partial charge in [0.15, 0.2) is 5.78 Å². The van der Waals surface area contributed by atoms with Crippen LogP contribution in [0.25, 0.3) is 0 Å². The van der Waals surface area contributed by atoms with Gasteiger partial charge in [-0.15, -0.1) is 0 Å². The van der Waals surface area contributed by atoms with Gasteiger partial charge in [-0.3, -0.25) is 9.79 Å². The number of aliphatic imine (C=N–C) groups is 1. The van der Waals surface area contributed by atoms with Gasteiger partial charge in [0.05, 0.1) is 0 Å². The van der Waals surface area contributed by atoms with E-state index in [0.717, 1.165) is 24.1 Å². The summed E-state index contributed by atoms with van der Waals surface area (Å²) in [6, 6.07) is 0. The fraction of sp³-hybridized carbons (Fsp3) is 0.556. The Labute approximate surface area is 67.0 Å². The Morgan fingerprint density at radius 2 is 2.09 bits per heavy atom. The van der Waals surface area contributed by atoms with E-state index in [1.165, 1.54) is 0 Å². The van der Waals surface area contributed by atoms with E-state index in [9.17, 15) is 4.79 Å². The maximum atomic E-state index is 11.1. The van der Waals surface area contributed by atoms with Crippen LogP contribution in [0.5, 0.6) is 0 Å². The fourth-order valence-corrected chi connectivity index (χ4v) is 1.05. The Morgan fingerprint density at radius 1 is 1.36 bits per heavy atom. The standard InChI is InChI=1S/C9H13NO/c1-7-6-10-8(2)4-3-5-9(7)11/h6H,3-5H2,1-2H3. The van der Waals surface area contributed by atoms with Crippen molar-refractivity contribution >= 4 is 11.5 Å². The largest absolute Gasteiger partial charge is 0.295 e. The Kier molecular flexibility index (Phi) is 2.58. The van der Waals surface area contributed by atoms with Gasteiger partial charge in [-0.05, 0) is 26.7 Å². The average molecular weight is 151 g/mol. The lowest BCUT2D eigenvalue weighted by Crippen LogP contribution is -2.03. The molecule has 1 aliphatic rings. The molecular formula is C9H13NO. The Bertz CT molecular complexity index is 226. The van der Waals surface area contributed by atoms with E-state index in [1.807, 2.05) is 13.8 Å². The average Bonchev–Trinajstić information content (AvgIpc) is 1.98. The van der Waals surface area contributed by atoms with Crippen LogP contribution in [0.3, 0.4) is 0 Å². The van der Waals surface area contributed by atoms with Crippen molar-refractivity contribution in [1.29, 1.82) is 0 Å². The molecule has 0 aromatic rings. The predicted molar refractivity (Wildman–Crippen MR) is 45.7 cm³/mol. The second kappa shape index (κ2) is 3.46. The summed E-state index contributed by atoms with van der Waals surface area (Å²) in [5.74, 6) is 0.237. The van der Waals surface area contributed by atoms with Gasteiger partial charge in [0, 0.05) is 23.9 Å². The van der Waals surface area contributed by atoms with Crippen LogP contribution < -0.4 is 0 Å². The van der Waals surface area contributed by atoms with Crippen molar-refractivity contribution in [2.45, 2.75) is 33.1 Å². The third kappa shape index (κ3) is 2.30. The lowest BCUT2D eigenvalue weighted by Gasteiger charge is -2.04. The van der Waals surface area contributed by atoms with Crippen LogP contribution in [0, 0.1) is 0 Å². The van der Waals surface area contributed by atoms with Crippen LogP contribution in [0.2, 0.25) is 0 Å².